The summed E-state index contributed by atoms with van der Waals surface area (Å²) in [5.74, 6) is 0.826. The molecule has 2 aromatic heterocycles. The van der Waals surface area contributed by atoms with E-state index in [0.717, 1.165) is 10.9 Å². The van der Waals surface area contributed by atoms with Gasteiger partial charge in [-0.2, -0.15) is 0 Å². The van der Waals surface area contributed by atoms with Gasteiger partial charge in [0.25, 0.3) is 0 Å². The number of ether oxygens (including phenoxy) is 1. The number of hydrogen-bond donors (Lipinski definition) is 0. The van der Waals surface area contributed by atoms with Crippen LogP contribution in [0.25, 0.3) is 27.9 Å². The maximum absolute atomic E-state index is 14.6. The van der Waals surface area contributed by atoms with Gasteiger partial charge < -0.3 is 9.64 Å². The van der Waals surface area contributed by atoms with Crippen molar-refractivity contribution in [1.29, 1.82) is 0 Å². The van der Waals surface area contributed by atoms with Crippen molar-refractivity contribution in [2.24, 2.45) is 0 Å². The zero-order chi connectivity index (χ0) is 19.3. The van der Waals surface area contributed by atoms with E-state index in [-0.39, 0.29) is 18.0 Å². The highest BCUT2D eigenvalue weighted by molar-refractivity contribution is 5.93. The van der Waals surface area contributed by atoms with Gasteiger partial charge in [0.2, 0.25) is 5.95 Å². The summed E-state index contributed by atoms with van der Waals surface area (Å²) in [5.41, 5.74) is 1.91. The molecule has 1 fully saturated rings. The van der Waals surface area contributed by atoms with Crippen LogP contribution in [0.2, 0.25) is 0 Å². The second-order valence-corrected chi connectivity index (χ2v) is 7.25. The fourth-order valence-electron chi connectivity index (χ4n) is 3.94. The molecule has 0 saturated carbocycles. The Hall–Kier alpha value is -3.06. The molecule has 6 nitrogen and oxygen atoms in total. The van der Waals surface area contributed by atoms with Gasteiger partial charge in [0.15, 0.2) is 11.5 Å². The molecule has 0 radical (unpaired) electrons. The predicted octanol–water partition coefficient (Wildman–Crippen LogP) is 3.70. The van der Waals surface area contributed by atoms with Crippen LogP contribution in [0, 0.1) is 5.82 Å². The number of hydrogen-bond acceptors (Lipinski definition) is 5. The topological polar surface area (TPSA) is 55.6 Å². The first kappa shape index (κ1) is 17.1. The van der Waals surface area contributed by atoms with Crippen molar-refractivity contribution in [3.05, 3.63) is 54.3 Å². The normalized spacial score (nSPS) is 20.2. The lowest BCUT2D eigenvalue weighted by Crippen LogP contribution is -2.46. The van der Waals surface area contributed by atoms with Gasteiger partial charge in [-0.15, -0.1) is 10.2 Å². The van der Waals surface area contributed by atoms with Crippen LogP contribution in [-0.2, 0) is 4.74 Å². The molecule has 28 heavy (non-hydrogen) atoms. The number of halogens is 1. The number of rotatable bonds is 2. The molecular formula is C21H20FN5O. The minimum absolute atomic E-state index is 0.0699. The van der Waals surface area contributed by atoms with Crippen molar-refractivity contribution in [2.45, 2.75) is 26.1 Å². The Kier molecular flexibility index (Phi) is 3.98. The summed E-state index contributed by atoms with van der Waals surface area (Å²) in [5, 5.41) is 9.64. The number of benzene rings is 2. The molecule has 5 rings (SSSR count). The highest BCUT2D eigenvalue weighted by Crippen LogP contribution is 2.30. The van der Waals surface area contributed by atoms with E-state index >= 15 is 0 Å². The lowest BCUT2D eigenvalue weighted by atomic mass is 10.2. The summed E-state index contributed by atoms with van der Waals surface area (Å²) >= 11 is 0. The zero-order valence-corrected chi connectivity index (χ0v) is 15.7. The van der Waals surface area contributed by atoms with Crippen molar-refractivity contribution < 1.29 is 9.13 Å². The van der Waals surface area contributed by atoms with Crippen LogP contribution in [0.15, 0.2) is 48.5 Å². The maximum Gasteiger partial charge on any atom is 0.213 e. The number of aromatic nitrogens is 4. The second-order valence-electron chi connectivity index (χ2n) is 7.25. The van der Waals surface area contributed by atoms with E-state index in [1.807, 2.05) is 42.5 Å². The zero-order valence-electron chi connectivity index (χ0n) is 15.7. The van der Waals surface area contributed by atoms with Crippen molar-refractivity contribution in [2.75, 3.05) is 18.0 Å². The minimum Gasteiger partial charge on any atom is -0.372 e. The van der Waals surface area contributed by atoms with Gasteiger partial charge in [0.1, 0.15) is 5.82 Å². The van der Waals surface area contributed by atoms with E-state index in [1.165, 1.54) is 6.07 Å². The largest absolute Gasteiger partial charge is 0.372 e. The maximum atomic E-state index is 14.6. The number of nitrogens with zero attached hydrogens (tertiary/aromatic N) is 5. The van der Waals surface area contributed by atoms with Gasteiger partial charge in [-0.3, -0.25) is 0 Å². The molecule has 3 heterocycles. The number of fused-ring (bicyclic) bond motifs is 3. The van der Waals surface area contributed by atoms with E-state index < -0.39 is 0 Å². The Morgan fingerprint density at radius 3 is 2.46 bits per heavy atom. The highest BCUT2D eigenvalue weighted by atomic mass is 19.1. The predicted molar refractivity (Wildman–Crippen MR) is 106 cm³/mol. The first-order chi connectivity index (χ1) is 13.6. The first-order valence-corrected chi connectivity index (χ1v) is 9.41. The van der Waals surface area contributed by atoms with Crippen molar-refractivity contribution in [3.63, 3.8) is 0 Å². The van der Waals surface area contributed by atoms with Gasteiger partial charge in [-0.05, 0) is 38.1 Å². The van der Waals surface area contributed by atoms with Crippen LogP contribution in [0.5, 0.6) is 0 Å². The second kappa shape index (κ2) is 6.53. The van der Waals surface area contributed by atoms with Crippen LogP contribution in [-0.4, -0.2) is 44.9 Å². The molecule has 2 unspecified atom stereocenters. The molecule has 1 aliphatic heterocycles. The first-order valence-electron chi connectivity index (χ1n) is 9.41. The van der Waals surface area contributed by atoms with E-state index in [0.29, 0.717) is 36.1 Å². The van der Waals surface area contributed by atoms with E-state index in [4.69, 9.17) is 9.72 Å². The lowest BCUT2D eigenvalue weighted by Gasteiger charge is -2.36. The van der Waals surface area contributed by atoms with Crippen LogP contribution < -0.4 is 4.90 Å². The molecule has 7 heteroatoms. The fraction of sp³-hybridized carbons (Fsp3) is 0.286. The van der Waals surface area contributed by atoms with Gasteiger partial charge in [0.05, 0.1) is 23.3 Å². The van der Waals surface area contributed by atoms with Gasteiger partial charge in [-0.1, -0.05) is 24.3 Å². The number of anilines is 1. The molecule has 0 spiro atoms. The Morgan fingerprint density at radius 2 is 1.68 bits per heavy atom. The summed E-state index contributed by atoms with van der Waals surface area (Å²) in [7, 11) is 0. The van der Waals surface area contributed by atoms with Crippen molar-refractivity contribution in [3.8, 4) is 11.4 Å². The Morgan fingerprint density at radius 1 is 0.964 bits per heavy atom. The summed E-state index contributed by atoms with van der Waals surface area (Å²) in [4.78, 5) is 7.09. The van der Waals surface area contributed by atoms with Gasteiger partial charge in [-0.25, -0.2) is 13.8 Å². The molecule has 2 aromatic carbocycles. The summed E-state index contributed by atoms with van der Waals surface area (Å²) in [6.45, 7) is 5.48. The summed E-state index contributed by atoms with van der Waals surface area (Å²) in [6, 6.07) is 14.4. The standard InChI is InChI=1S/C21H20FN5O/c1-13-11-26(12-14(2)28-13)21-23-18-10-6-4-8-16(18)20-25-24-19(27(20)21)15-7-3-5-9-17(15)22/h3-10,13-14H,11-12H2,1-2H3. The molecule has 1 saturated heterocycles. The summed E-state index contributed by atoms with van der Waals surface area (Å²) in [6.07, 6.45) is 0.140. The SMILES string of the molecule is CC1CN(c2nc3ccccc3c3nnc(-c4ccccc4F)n23)CC(C)O1. The van der Waals surface area contributed by atoms with E-state index in [9.17, 15) is 4.39 Å². The van der Waals surface area contributed by atoms with Crippen LogP contribution >= 0.6 is 0 Å². The highest BCUT2D eigenvalue weighted by Gasteiger charge is 2.27. The third-order valence-electron chi connectivity index (χ3n) is 5.05. The van der Waals surface area contributed by atoms with Crippen molar-refractivity contribution >= 4 is 22.5 Å². The molecule has 0 N–H and O–H groups in total. The van der Waals surface area contributed by atoms with Crippen LogP contribution in [0.1, 0.15) is 13.8 Å². The quantitative estimate of drug-likeness (QED) is 0.533. The van der Waals surface area contributed by atoms with Gasteiger partial charge in [0, 0.05) is 18.5 Å². The van der Waals surface area contributed by atoms with Crippen LogP contribution in [0.4, 0.5) is 10.3 Å². The monoisotopic (exact) mass is 377 g/mol. The average Bonchev–Trinajstić information content (AvgIpc) is 3.12. The molecule has 0 aliphatic carbocycles. The van der Waals surface area contributed by atoms with Gasteiger partial charge >= 0.3 is 0 Å². The van der Waals surface area contributed by atoms with E-state index in [2.05, 4.69) is 15.1 Å². The Labute approximate surface area is 161 Å². The van der Waals surface area contributed by atoms with Crippen molar-refractivity contribution in [1.82, 2.24) is 19.6 Å². The minimum atomic E-state index is -0.334. The number of para-hydroxylation sites is 1. The molecular weight excluding hydrogens is 357 g/mol. The average molecular weight is 377 g/mol. The summed E-state index contributed by atoms with van der Waals surface area (Å²) < 4.78 is 22.3. The molecule has 1 aliphatic rings. The van der Waals surface area contributed by atoms with E-state index in [1.54, 1.807) is 18.2 Å². The Bertz CT molecular complexity index is 1160. The fourth-order valence-corrected chi connectivity index (χ4v) is 3.94. The smallest absolute Gasteiger partial charge is 0.213 e. The molecule has 0 amide bonds. The molecule has 2 atom stereocenters. The van der Waals surface area contributed by atoms with Crippen LogP contribution in [0.3, 0.4) is 0 Å². The molecule has 0 bridgehead atoms. The lowest BCUT2D eigenvalue weighted by molar-refractivity contribution is -0.00576. The Balaban J connectivity index is 1.82. The number of morpholine rings is 1. The third-order valence-corrected chi connectivity index (χ3v) is 5.05. The third kappa shape index (κ3) is 2.70. The molecule has 4 aromatic rings. The molecule has 142 valence electrons.